The summed E-state index contributed by atoms with van der Waals surface area (Å²) in [5, 5.41) is 3.23. The standard InChI is InChI=1S/C26H40N6O2S/c1-19(2)32-26(34)24(18-23-6-4-11-31(23)32)25(33)27-20-16-21-7-8-22(17-20)30(21)10-5-9-28-12-14-29(35-3)15-13-28/h4,6,11,18-22H,5,7-10,12-17H2,1-3H3,(H,27,33). The maximum atomic E-state index is 13.2. The quantitative estimate of drug-likeness (QED) is 0.563. The SMILES string of the molecule is CSN1CCN(CCCN2C3CCC2CC(NC(=O)c2cc4cccn4n(C(C)C)c2=O)C3)CC1. The molecule has 2 atom stereocenters. The Morgan fingerprint density at radius 3 is 2.49 bits per heavy atom. The Bertz CT molecular complexity index is 1080. The minimum atomic E-state index is -0.227. The van der Waals surface area contributed by atoms with E-state index in [4.69, 9.17) is 0 Å². The van der Waals surface area contributed by atoms with Gasteiger partial charge in [-0.1, -0.05) is 11.9 Å². The van der Waals surface area contributed by atoms with Crippen molar-refractivity contribution in [3.63, 3.8) is 0 Å². The number of hydrogen-bond acceptors (Lipinski definition) is 6. The summed E-state index contributed by atoms with van der Waals surface area (Å²) in [5.41, 5.74) is 0.898. The van der Waals surface area contributed by atoms with E-state index in [2.05, 4.69) is 25.7 Å². The molecule has 0 spiro atoms. The fraction of sp³-hybridized carbons (Fsp3) is 0.692. The number of fused-ring (bicyclic) bond motifs is 3. The highest BCUT2D eigenvalue weighted by Crippen LogP contribution is 2.36. The number of rotatable bonds is 8. The first-order chi connectivity index (χ1) is 16.9. The van der Waals surface area contributed by atoms with Crippen LogP contribution in [0, 0.1) is 0 Å². The Balaban J connectivity index is 1.16. The van der Waals surface area contributed by atoms with Crippen LogP contribution in [0.4, 0.5) is 0 Å². The van der Waals surface area contributed by atoms with Gasteiger partial charge in [0.15, 0.2) is 0 Å². The van der Waals surface area contributed by atoms with Crippen LogP contribution in [0.1, 0.15) is 62.4 Å². The molecule has 1 amide bonds. The van der Waals surface area contributed by atoms with E-state index in [0.717, 1.165) is 38.0 Å². The molecule has 9 heteroatoms. The van der Waals surface area contributed by atoms with Crippen molar-refractivity contribution in [1.82, 2.24) is 28.6 Å². The number of carbonyl (C=O) groups excluding carboxylic acids is 1. The molecule has 2 bridgehead atoms. The lowest BCUT2D eigenvalue weighted by Crippen LogP contribution is -2.51. The Kier molecular flexibility index (Phi) is 7.58. The van der Waals surface area contributed by atoms with Gasteiger partial charge in [-0.15, -0.1) is 0 Å². The number of nitrogens with zero attached hydrogens (tertiary/aromatic N) is 5. The molecule has 0 saturated carbocycles. The second-order valence-electron chi connectivity index (χ2n) is 10.7. The van der Waals surface area contributed by atoms with E-state index >= 15 is 0 Å². The van der Waals surface area contributed by atoms with E-state index in [0.29, 0.717) is 12.1 Å². The van der Waals surface area contributed by atoms with Crippen LogP contribution in [-0.2, 0) is 0 Å². The Labute approximate surface area is 212 Å². The zero-order valence-corrected chi connectivity index (χ0v) is 22.2. The predicted molar refractivity (Wildman–Crippen MR) is 142 cm³/mol. The van der Waals surface area contributed by atoms with Crippen LogP contribution >= 0.6 is 11.9 Å². The number of piperazine rings is 1. The van der Waals surface area contributed by atoms with E-state index in [1.165, 1.54) is 38.9 Å². The normalized spacial score (nSPS) is 26.1. The molecule has 3 saturated heterocycles. The van der Waals surface area contributed by atoms with Crippen molar-refractivity contribution in [3.8, 4) is 0 Å². The molecule has 35 heavy (non-hydrogen) atoms. The molecule has 8 nitrogen and oxygen atoms in total. The van der Waals surface area contributed by atoms with Gasteiger partial charge in [0.2, 0.25) is 0 Å². The monoisotopic (exact) mass is 500 g/mol. The topological polar surface area (TPSA) is 65.2 Å². The smallest absolute Gasteiger partial charge is 0.278 e. The predicted octanol–water partition coefficient (Wildman–Crippen LogP) is 2.69. The van der Waals surface area contributed by atoms with Crippen molar-refractivity contribution >= 4 is 23.4 Å². The number of piperidine rings is 1. The average Bonchev–Trinajstić information content (AvgIpc) is 3.39. The van der Waals surface area contributed by atoms with E-state index in [-0.39, 0.29) is 29.1 Å². The van der Waals surface area contributed by atoms with Crippen LogP contribution in [-0.4, -0.2) is 92.9 Å². The summed E-state index contributed by atoms with van der Waals surface area (Å²) in [4.78, 5) is 31.7. The van der Waals surface area contributed by atoms with Gasteiger partial charge in [-0.05, 0) is 83.5 Å². The summed E-state index contributed by atoms with van der Waals surface area (Å²) < 4.78 is 5.95. The van der Waals surface area contributed by atoms with Crippen molar-refractivity contribution in [1.29, 1.82) is 0 Å². The summed E-state index contributed by atoms with van der Waals surface area (Å²) >= 11 is 1.86. The van der Waals surface area contributed by atoms with E-state index in [9.17, 15) is 9.59 Å². The van der Waals surface area contributed by atoms with Crippen LogP contribution < -0.4 is 10.9 Å². The van der Waals surface area contributed by atoms with Gasteiger partial charge in [0.05, 0.1) is 5.52 Å². The second-order valence-corrected chi connectivity index (χ2v) is 11.5. The Morgan fingerprint density at radius 2 is 1.83 bits per heavy atom. The highest BCUT2D eigenvalue weighted by atomic mass is 32.2. The molecular weight excluding hydrogens is 460 g/mol. The molecule has 0 aliphatic carbocycles. The summed E-state index contributed by atoms with van der Waals surface area (Å²) in [6.07, 6.45) is 9.67. The van der Waals surface area contributed by atoms with Gasteiger partial charge in [-0.2, -0.15) is 0 Å². The summed E-state index contributed by atoms with van der Waals surface area (Å²) in [7, 11) is 0. The molecule has 2 aromatic heterocycles. The van der Waals surface area contributed by atoms with E-state index < -0.39 is 0 Å². The van der Waals surface area contributed by atoms with Gasteiger partial charge >= 0.3 is 0 Å². The molecule has 5 heterocycles. The Morgan fingerprint density at radius 1 is 1.11 bits per heavy atom. The van der Waals surface area contributed by atoms with Gasteiger partial charge < -0.3 is 10.2 Å². The molecule has 3 aliphatic heterocycles. The lowest BCUT2D eigenvalue weighted by atomic mass is 9.96. The van der Waals surface area contributed by atoms with Crippen molar-refractivity contribution in [2.75, 3.05) is 45.5 Å². The minimum absolute atomic E-state index is 0.0290. The third-order valence-electron chi connectivity index (χ3n) is 8.16. The van der Waals surface area contributed by atoms with Crippen molar-refractivity contribution in [2.24, 2.45) is 0 Å². The molecule has 1 N–H and O–H groups in total. The lowest BCUT2D eigenvalue weighted by molar-refractivity contribution is 0.0826. The summed E-state index contributed by atoms with van der Waals surface area (Å²) in [5.74, 6) is -0.227. The van der Waals surface area contributed by atoms with Crippen molar-refractivity contribution in [3.05, 3.63) is 40.3 Å². The maximum Gasteiger partial charge on any atom is 0.278 e. The molecular formula is C26H40N6O2S. The molecule has 5 rings (SSSR count). The van der Waals surface area contributed by atoms with Crippen LogP contribution in [0.2, 0.25) is 0 Å². The van der Waals surface area contributed by atoms with Gasteiger partial charge in [0.1, 0.15) is 5.56 Å². The van der Waals surface area contributed by atoms with Gasteiger partial charge in [-0.25, -0.2) is 8.99 Å². The first-order valence-corrected chi connectivity index (χ1v) is 14.4. The van der Waals surface area contributed by atoms with Gasteiger partial charge in [0, 0.05) is 56.5 Å². The number of amides is 1. The summed E-state index contributed by atoms with van der Waals surface area (Å²) in [6.45, 7) is 11.0. The highest BCUT2D eigenvalue weighted by molar-refractivity contribution is 7.96. The molecule has 2 aromatic rings. The maximum absolute atomic E-state index is 13.2. The van der Waals surface area contributed by atoms with E-state index in [1.54, 1.807) is 10.7 Å². The zero-order valence-electron chi connectivity index (χ0n) is 21.4. The van der Waals surface area contributed by atoms with Crippen molar-refractivity contribution < 1.29 is 4.79 Å². The third kappa shape index (κ3) is 5.19. The number of nitrogens with one attached hydrogen (secondary N) is 1. The van der Waals surface area contributed by atoms with Gasteiger partial charge in [0.25, 0.3) is 11.5 Å². The highest BCUT2D eigenvalue weighted by Gasteiger charge is 2.41. The molecule has 3 fully saturated rings. The molecule has 3 aliphatic rings. The lowest BCUT2D eigenvalue weighted by Gasteiger charge is -2.40. The fourth-order valence-corrected chi connectivity index (χ4v) is 6.93. The Hall–Kier alpha value is -1.81. The number of carbonyl (C=O) groups is 1. The van der Waals surface area contributed by atoms with Gasteiger partial charge in [-0.3, -0.25) is 19.0 Å². The number of hydrogen-bond donors (Lipinski definition) is 1. The molecule has 0 radical (unpaired) electrons. The molecule has 2 unspecified atom stereocenters. The fourth-order valence-electron chi connectivity index (χ4n) is 6.41. The molecule has 192 valence electrons. The molecule has 0 aromatic carbocycles. The van der Waals surface area contributed by atoms with Crippen LogP contribution in [0.3, 0.4) is 0 Å². The van der Waals surface area contributed by atoms with Crippen molar-refractivity contribution in [2.45, 2.75) is 70.1 Å². The largest absolute Gasteiger partial charge is 0.349 e. The van der Waals surface area contributed by atoms with E-state index in [1.807, 2.05) is 48.6 Å². The first-order valence-electron chi connectivity index (χ1n) is 13.3. The third-order valence-corrected chi connectivity index (χ3v) is 9.04. The summed E-state index contributed by atoms with van der Waals surface area (Å²) in [6, 6.07) is 6.80. The average molecular weight is 501 g/mol. The van der Waals surface area contributed by atoms with Crippen LogP contribution in [0.15, 0.2) is 29.2 Å². The number of aromatic nitrogens is 2. The minimum Gasteiger partial charge on any atom is -0.349 e. The second kappa shape index (κ2) is 10.7. The van der Waals surface area contributed by atoms with Crippen LogP contribution in [0.25, 0.3) is 5.52 Å². The zero-order chi connectivity index (χ0) is 24.5. The first kappa shape index (κ1) is 24.9. The van der Waals surface area contributed by atoms with Crippen LogP contribution in [0.5, 0.6) is 0 Å².